The van der Waals surface area contributed by atoms with Crippen molar-refractivity contribution in [3.8, 4) is 0 Å². The van der Waals surface area contributed by atoms with Gasteiger partial charge in [-0.05, 0) is 45.1 Å². The standard InChI is InChI=1S/C13H17N3O.CH4/c1-15-8-6-10(7-9-15)16-12-5-3-2-4-11(12)14-13(16)17;/h2-5,10H,6-9H2,1H3,(H,14,17);1H4. The quantitative estimate of drug-likeness (QED) is 0.839. The van der Waals surface area contributed by atoms with Gasteiger partial charge in [-0.3, -0.25) is 4.57 Å². The van der Waals surface area contributed by atoms with Crippen LogP contribution in [0.5, 0.6) is 0 Å². The number of piperidine rings is 1. The topological polar surface area (TPSA) is 41.0 Å². The van der Waals surface area contributed by atoms with Crippen molar-refractivity contribution in [2.45, 2.75) is 26.3 Å². The maximum atomic E-state index is 12.0. The molecule has 0 spiro atoms. The number of benzene rings is 1. The molecule has 2 aromatic rings. The summed E-state index contributed by atoms with van der Waals surface area (Å²) in [5, 5.41) is 0. The molecule has 1 aliphatic rings. The zero-order valence-electron chi connectivity index (χ0n) is 10.0. The largest absolute Gasteiger partial charge is 0.326 e. The van der Waals surface area contributed by atoms with Crippen molar-refractivity contribution in [3.63, 3.8) is 0 Å². The van der Waals surface area contributed by atoms with Crippen LogP contribution >= 0.6 is 0 Å². The van der Waals surface area contributed by atoms with Crippen molar-refractivity contribution >= 4 is 11.0 Å². The highest BCUT2D eigenvalue weighted by atomic mass is 16.1. The van der Waals surface area contributed by atoms with Gasteiger partial charge in [0.05, 0.1) is 11.0 Å². The first-order valence-electron chi connectivity index (χ1n) is 6.13. The second kappa shape index (κ2) is 4.98. The Balaban J connectivity index is 0.00000120. The number of aromatic nitrogens is 2. The smallest absolute Gasteiger partial charge is 0.306 e. The molecule has 2 heterocycles. The van der Waals surface area contributed by atoms with Crippen molar-refractivity contribution in [2.75, 3.05) is 20.1 Å². The van der Waals surface area contributed by atoms with Gasteiger partial charge in [-0.15, -0.1) is 0 Å². The predicted octanol–water partition coefficient (Wildman–Crippen LogP) is 2.23. The monoisotopic (exact) mass is 247 g/mol. The maximum Gasteiger partial charge on any atom is 0.326 e. The lowest BCUT2D eigenvalue weighted by molar-refractivity contribution is 0.221. The molecule has 18 heavy (non-hydrogen) atoms. The number of hydrogen-bond acceptors (Lipinski definition) is 2. The summed E-state index contributed by atoms with van der Waals surface area (Å²) in [6.45, 7) is 2.13. The number of H-pyrrole nitrogens is 1. The van der Waals surface area contributed by atoms with Gasteiger partial charge in [0.25, 0.3) is 0 Å². The zero-order chi connectivity index (χ0) is 11.8. The van der Waals surface area contributed by atoms with Crippen LogP contribution in [-0.2, 0) is 0 Å². The third-order valence-electron chi connectivity index (χ3n) is 3.68. The maximum absolute atomic E-state index is 12.0. The highest BCUT2D eigenvalue weighted by Gasteiger charge is 2.21. The second-order valence-electron chi connectivity index (χ2n) is 4.85. The number of imidazole rings is 1. The van der Waals surface area contributed by atoms with E-state index in [-0.39, 0.29) is 13.1 Å². The van der Waals surface area contributed by atoms with E-state index in [0.29, 0.717) is 6.04 Å². The summed E-state index contributed by atoms with van der Waals surface area (Å²) in [4.78, 5) is 17.3. The molecule has 0 saturated carbocycles. The van der Waals surface area contributed by atoms with E-state index >= 15 is 0 Å². The molecule has 0 aliphatic carbocycles. The summed E-state index contributed by atoms with van der Waals surface area (Å²) in [6, 6.07) is 8.27. The minimum atomic E-state index is 0. The van der Waals surface area contributed by atoms with Gasteiger partial charge in [0.2, 0.25) is 0 Å². The van der Waals surface area contributed by atoms with E-state index < -0.39 is 0 Å². The van der Waals surface area contributed by atoms with E-state index in [1.807, 2.05) is 28.8 Å². The lowest BCUT2D eigenvalue weighted by Crippen LogP contribution is -2.34. The Hall–Kier alpha value is -1.55. The van der Waals surface area contributed by atoms with Crippen molar-refractivity contribution in [1.29, 1.82) is 0 Å². The zero-order valence-corrected chi connectivity index (χ0v) is 10.0. The van der Waals surface area contributed by atoms with Crippen molar-refractivity contribution in [1.82, 2.24) is 14.5 Å². The lowest BCUT2D eigenvalue weighted by atomic mass is 10.1. The number of hydrogen-bond donors (Lipinski definition) is 1. The van der Waals surface area contributed by atoms with Gasteiger partial charge in [-0.2, -0.15) is 0 Å². The highest BCUT2D eigenvalue weighted by Crippen LogP contribution is 2.23. The van der Waals surface area contributed by atoms with Crippen LogP contribution in [0.25, 0.3) is 11.0 Å². The number of nitrogens with zero attached hydrogens (tertiary/aromatic N) is 2. The van der Waals surface area contributed by atoms with Crippen LogP contribution in [0, 0.1) is 0 Å². The molecule has 3 rings (SSSR count). The fraction of sp³-hybridized carbons (Fsp3) is 0.500. The molecular weight excluding hydrogens is 226 g/mol. The number of aromatic amines is 1. The van der Waals surface area contributed by atoms with Crippen LogP contribution in [0.3, 0.4) is 0 Å². The van der Waals surface area contributed by atoms with Crippen LogP contribution in [-0.4, -0.2) is 34.6 Å². The number of para-hydroxylation sites is 2. The summed E-state index contributed by atoms with van der Waals surface area (Å²) >= 11 is 0. The Kier molecular flexibility index (Phi) is 3.57. The van der Waals surface area contributed by atoms with Gasteiger partial charge in [0, 0.05) is 6.04 Å². The second-order valence-corrected chi connectivity index (χ2v) is 4.85. The molecule has 1 aromatic carbocycles. The molecule has 4 heteroatoms. The Labute approximate surface area is 107 Å². The van der Waals surface area contributed by atoms with Crippen molar-refractivity contribution in [3.05, 3.63) is 34.7 Å². The summed E-state index contributed by atoms with van der Waals surface area (Å²) < 4.78 is 1.93. The van der Waals surface area contributed by atoms with E-state index in [1.165, 1.54) is 0 Å². The average molecular weight is 247 g/mol. The van der Waals surface area contributed by atoms with Crippen molar-refractivity contribution < 1.29 is 0 Å². The third kappa shape index (κ3) is 2.08. The molecule has 4 nitrogen and oxygen atoms in total. The van der Waals surface area contributed by atoms with E-state index in [9.17, 15) is 4.79 Å². The van der Waals surface area contributed by atoms with E-state index in [2.05, 4.69) is 16.9 Å². The molecule has 1 N–H and O–H groups in total. The van der Waals surface area contributed by atoms with Gasteiger partial charge < -0.3 is 9.88 Å². The molecule has 98 valence electrons. The Morgan fingerprint density at radius 1 is 1.22 bits per heavy atom. The number of nitrogens with one attached hydrogen (secondary N) is 1. The molecular formula is C14H21N3O. The van der Waals surface area contributed by atoms with E-state index in [4.69, 9.17) is 0 Å². The van der Waals surface area contributed by atoms with E-state index in [1.54, 1.807) is 0 Å². The van der Waals surface area contributed by atoms with Gasteiger partial charge in [0.1, 0.15) is 0 Å². The predicted molar refractivity (Wildman–Crippen MR) is 75.1 cm³/mol. The summed E-state index contributed by atoms with van der Waals surface area (Å²) in [5.74, 6) is 0. The van der Waals surface area contributed by atoms with Crippen LogP contribution in [0.2, 0.25) is 0 Å². The Morgan fingerprint density at radius 2 is 1.89 bits per heavy atom. The first-order chi connectivity index (χ1) is 8.25. The highest BCUT2D eigenvalue weighted by molar-refractivity contribution is 5.75. The van der Waals surface area contributed by atoms with Gasteiger partial charge >= 0.3 is 5.69 Å². The first-order valence-corrected chi connectivity index (χ1v) is 6.13. The average Bonchev–Trinajstić information content (AvgIpc) is 2.66. The molecule has 0 amide bonds. The molecule has 0 bridgehead atoms. The fourth-order valence-electron chi connectivity index (χ4n) is 2.69. The minimum absolute atomic E-state index is 0. The molecule has 0 unspecified atom stereocenters. The summed E-state index contributed by atoms with van der Waals surface area (Å²) in [5.41, 5.74) is 2.00. The molecule has 1 fully saturated rings. The van der Waals surface area contributed by atoms with E-state index in [0.717, 1.165) is 37.0 Å². The Bertz CT molecular complexity index is 576. The number of rotatable bonds is 1. The molecule has 1 aliphatic heterocycles. The molecule has 1 saturated heterocycles. The minimum Gasteiger partial charge on any atom is -0.306 e. The molecule has 1 aromatic heterocycles. The van der Waals surface area contributed by atoms with Crippen LogP contribution in [0.15, 0.2) is 29.1 Å². The van der Waals surface area contributed by atoms with Crippen LogP contribution < -0.4 is 5.69 Å². The third-order valence-corrected chi connectivity index (χ3v) is 3.68. The molecule has 0 atom stereocenters. The van der Waals surface area contributed by atoms with Gasteiger partial charge in [0.15, 0.2) is 0 Å². The van der Waals surface area contributed by atoms with Gasteiger partial charge in [-0.25, -0.2) is 4.79 Å². The van der Waals surface area contributed by atoms with Crippen LogP contribution in [0.4, 0.5) is 0 Å². The lowest BCUT2D eigenvalue weighted by Gasteiger charge is -2.29. The summed E-state index contributed by atoms with van der Waals surface area (Å²) in [7, 11) is 2.13. The normalized spacial score (nSPS) is 17.8. The SMILES string of the molecule is C.CN1CCC(n2c(=O)[nH]c3ccccc32)CC1. The van der Waals surface area contributed by atoms with Gasteiger partial charge in [-0.1, -0.05) is 19.6 Å². The number of likely N-dealkylation sites (tertiary alicyclic amines) is 1. The first kappa shape index (κ1) is 12.9. The number of fused-ring (bicyclic) bond motifs is 1. The van der Waals surface area contributed by atoms with Crippen molar-refractivity contribution in [2.24, 2.45) is 0 Å². The summed E-state index contributed by atoms with van der Waals surface area (Å²) in [6.07, 6.45) is 2.11. The Morgan fingerprint density at radius 3 is 2.61 bits per heavy atom. The molecule has 0 radical (unpaired) electrons. The van der Waals surface area contributed by atoms with Crippen LogP contribution in [0.1, 0.15) is 26.3 Å². The fourth-order valence-corrected chi connectivity index (χ4v) is 2.69.